The van der Waals surface area contributed by atoms with Gasteiger partial charge in [-0.3, -0.25) is 0 Å². The average Bonchev–Trinajstić information content (AvgIpc) is 2.73. The van der Waals surface area contributed by atoms with Crippen LogP contribution in [0.4, 0.5) is 0 Å². The van der Waals surface area contributed by atoms with Crippen LogP contribution < -0.4 is 0 Å². The lowest BCUT2D eigenvalue weighted by Crippen LogP contribution is -1.93. The molecule has 0 saturated heterocycles. The molecule has 0 aromatic heterocycles. The number of aryl methyl sites for hydroxylation is 1. The van der Waals surface area contributed by atoms with Crippen LogP contribution in [0.3, 0.4) is 0 Å². The van der Waals surface area contributed by atoms with Crippen molar-refractivity contribution in [1.29, 1.82) is 0 Å². The highest BCUT2D eigenvalue weighted by atomic mass is 14.1. The van der Waals surface area contributed by atoms with E-state index in [4.69, 9.17) is 0 Å². The van der Waals surface area contributed by atoms with Crippen molar-refractivity contribution < 1.29 is 0 Å². The van der Waals surface area contributed by atoms with Gasteiger partial charge in [-0.05, 0) is 29.5 Å². The third kappa shape index (κ3) is 11.5. The molecule has 0 aliphatic rings. The monoisotopic (exact) mass is 382 g/mol. The van der Waals surface area contributed by atoms with E-state index in [1.54, 1.807) is 0 Å². The van der Waals surface area contributed by atoms with E-state index in [-0.39, 0.29) is 0 Å². The summed E-state index contributed by atoms with van der Waals surface area (Å²) in [4.78, 5) is 0. The molecule has 0 fully saturated rings. The van der Waals surface area contributed by atoms with Gasteiger partial charge in [-0.2, -0.15) is 0 Å². The molecule has 158 valence electrons. The average molecular weight is 383 g/mol. The number of benzene rings is 1. The third-order valence-corrected chi connectivity index (χ3v) is 5.95. The molecule has 1 rings (SSSR count). The van der Waals surface area contributed by atoms with Crippen molar-refractivity contribution in [2.75, 3.05) is 0 Å². The fourth-order valence-corrected chi connectivity index (χ4v) is 4.14. The Labute approximate surface area is 176 Å². The zero-order chi connectivity index (χ0) is 20.3. The predicted octanol–water partition coefficient (Wildman–Crippen LogP) is 9.78. The fourth-order valence-electron chi connectivity index (χ4n) is 4.14. The van der Waals surface area contributed by atoms with Crippen molar-refractivity contribution in [3.05, 3.63) is 48.0 Å². The van der Waals surface area contributed by atoms with Crippen LogP contribution in [-0.2, 0) is 6.42 Å². The third-order valence-electron chi connectivity index (χ3n) is 5.95. The van der Waals surface area contributed by atoms with Crippen LogP contribution in [0.5, 0.6) is 0 Å². The molecule has 0 amide bonds. The van der Waals surface area contributed by atoms with Crippen LogP contribution in [0, 0.1) is 0 Å². The Morgan fingerprint density at radius 1 is 0.607 bits per heavy atom. The van der Waals surface area contributed by atoms with Gasteiger partial charge in [0.15, 0.2) is 0 Å². The Morgan fingerprint density at radius 2 is 1.07 bits per heavy atom. The van der Waals surface area contributed by atoms with Crippen molar-refractivity contribution in [2.45, 2.75) is 116 Å². The smallest absolute Gasteiger partial charge is 0.0158 e. The van der Waals surface area contributed by atoms with E-state index < -0.39 is 0 Å². The summed E-state index contributed by atoms with van der Waals surface area (Å²) in [6.07, 6.45) is 27.9. The Kier molecular flexibility index (Phi) is 15.7. The normalized spacial score (nSPS) is 10.9. The van der Waals surface area contributed by atoms with Gasteiger partial charge in [0, 0.05) is 0 Å². The summed E-state index contributed by atoms with van der Waals surface area (Å²) >= 11 is 0. The van der Waals surface area contributed by atoms with Crippen molar-refractivity contribution >= 4 is 12.2 Å². The molecule has 28 heavy (non-hydrogen) atoms. The maximum absolute atomic E-state index is 3.98. The molecule has 0 atom stereocenters. The molecule has 0 aliphatic heterocycles. The molecule has 0 aliphatic carbocycles. The van der Waals surface area contributed by atoms with Gasteiger partial charge in [0.1, 0.15) is 0 Å². The van der Waals surface area contributed by atoms with Crippen LogP contribution in [0.2, 0.25) is 0 Å². The van der Waals surface area contributed by atoms with E-state index in [2.05, 4.69) is 38.3 Å². The standard InChI is InChI=1S/C28H46/c1-4-7-8-9-10-11-12-13-14-15-16-17-18-19-20-21-23-27-25-22-24-26(5-2)28(27)6-3/h5-6,22,24-25H,2-4,7-21,23H2,1H3. The zero-order valence-corrected chi connectivity index (χ0v) is 18.8. The molecule has 0 heteroatoms. The summed E-state index contributed by atoms with van der Waals surface area (Å²) < 4.78 is 0. The summed E-state index contributed by atoms with van der Waals surface area (Å²) in [6.45, 7) is 10.2. The van der Waals surface area contributed by atoms with Gasteiger partial charge < -0.3 is 0 Å². The summed E-state index contributed by atoms with van der Waals surface area (Å²) in [6, 6.07) is 6.52. The van der Waals surface area contributed by atoms with Gasteiger partial charge in [0.25, 0.3) is 0 Å². The first-order valence-corrected chi connectivity index (χ1v) is 12.2. The molecule has 0 nitrogen and oxygen atoms in total. The Hall–Kier alpha value is -1.30. The molecule has 0 saturated carbocycles. The van der Waals surface area contributed by atoms with Crippen LogP contribution in [0.15, 0.2) is 31.4 Å². The second-order valence-electron chi connectivity index (χ2n) is 8.38. The molecule has 0 heterocycles. The highest BCUT2D eigenvalue weighted by Crippen LogP contribution is 2.20. The molecule has 1 aromatic rings. The Balaban J connectivity index is 1.91. The highest BCUT2D eigenvalue weighted by molar-refractivity contribution is 5.66. The second-order valence-corrected chi connectivity index (χ2v) is 8.38. The maximum atomic E-state index is 3.98. The van der Waals surface area contributed by atoms with Crippen molar-refractivity contribution in [3.8, 4) is 0 Å². The van der Waals surface area contributed by atoms with Crippen LogP contribution in [0.1, 0.15) is 126 Å². The first-order valence-electron chi connectivity index (χ1n) is 12.2. The first kappa shape index (κ1) is 24.7. The maximum Gasteiger partial charge on any atom is -0.0158 e. The number of hydrogen-bond donors (Lipinski definition) is 0. The number of hydrogen-bond acceptors (Lipinski definition) is 0. The van der Waals surface area contributed by atoms with Gasteiger partial charge in [-0.25, -0.2) is 0 Å². The summed E-state index contributed by atoms with van der Waals surface area (Å²) in [5.41, 5.74) is 3.92. The van der Waals surface area contributed by atoms with Gasteiger partial charge in [0.05, 0.1) is 0 Å². The zero-order valence-electron chi connectivity index (χ0n) is 18.8. The summed E-state index contributed by atoms with van der Waals surface area (Å²) in [5, 5.41) is 0. The van der Waals surface area contributed by atoms with Crippen molar-refractivity contribution in [2.24, 2.45) is 0 Å². The molecular formula is C28H46. The van der Waals surface area contributed by atoms with E-state index in [0.717, 1.165) is 0 Å². The highest BCUT2D eigenvalue weighted by Gasteiger charge is 2.03. The summed E-state index contributed by atoms with van der Waals surface area (Å²) in [7, 11) is 0. The molecular weight excluding hydrogens is 336 g/mol. The quantitative estimate of drug-likeness (QED) is 0.209. The largest absolute Gasteiger partial charge is 0.0984 e. The number of rotatable bonds is 19. The minimum Gasteiger partial charge on any atom is -0.0984 e. The van der Waals surface area contributed by atoms with Crippen molar-refractivity contribution in [1.82, 2.24) is 0 Å². The minimum atomic E-state index is 1.17. The molecule has 0 spiro atoms. The van der Waals surface area contributed by atoms with Gasteiger partial charge in [0.2, 0.25) is 0 Å². The SMILES string of the molecule is C=Cc1cccc(CCCCCCCCCCCCCCCCCC)c1C=C. The van der Waals surface area contributed by atoms with E-state index in [1.807, 2.05) is 12.2 Å². The van der Waals surface area contributed by atoms with Crippen LogP contribution >= 0.6 is 0 Å². The minimum absolute atomic E-state index is 1.17. The molecule has 0 bridgehead atoms. The lowest BCUT2D eigenvalue weighted by atomic mass is 9.96. The van der Waals surface area contributed by atoms with Gasteiger partial charge in [-0.15, -0.1) is 0 Å². The molecule has 0 unspecified atom stereocenters. The lowest BCUT2D eigenvalue weighted by Gasteiger charge is -2.09. The van der Waals surface area contributed by atoms with E-state index >= 15 is 0 Å². The first-order chi connectivity index (χ1) is 13.8. The Morgan fingerprint density at radius 3 is 1.50 bits per heavy atom. The van der Waals surface area contributed by atoms with E-state index in [1.165, 1.54) is 126 Å². The second kappa shape index (κ2) is 17.8. The lowest BCUT2D eigenvalue weighted by molar-refractivity contribution is 0.529. The van der Waals surface area contributed by atoms with Crippen molar-refractivity contribution in [3.63, 3.8) is 0 Å². The predicted molar refractivity (Wildman–Crippen MR) is 130 cm³/mol. The fraction of sp³-hybridized carbons (Fsp3) is 0.643. The molecule has 0 N–H and O–H groups in total. The van der Waals surface area contributed by atoms with E-state index in [9.17, 15) is 0 Å². The van der Waals surface area contributed by atoms with Crippen LogP contribution in [0.25, 0.3) is 12.2 Å². The molecule has 0 radical (unpaired) electrons. The summed E-state index contributed by atoms with van der Waals surface area (Å²) in [5.74, 6) is 0. The topological polar surface area (TPSA) is 0 Å². The van der Waals surface area contributed by atoms with Gasteiger partial charge in [-0.1, -0.05) is 147 Å². The molecule has 1 aromatic carbocycles. The van der Waals surface area contributed by atoms with E-state index in [0.29, 0.717) is 0 Å². The van der Waals surface area contributed by atoms with Crippen LogP contribution in [-0.4, -0.2) is 0 Å². The number of unbranched alkanes of at least 4 members (excludes halogenated alkanes) is 15. The van der Waals surface area contributed by atoms with Gasteiger partial charge >= 0.3 is 0 Å². The Bertz CT molecular complexity index is 511.